The Morgan fingerprint density at radius 3 is 2.44 bits per heavy atom. The Kier molecular flexibility index (Phi) is 2.20. The van der Waals surface area contributed by atoms with E-state index >= 15 is 0 Å². The average Bonchev–Trinajstić information content (AvgIpc) is 2.38. The molecule has 2 aromatic carbocycles. The topological polar surface area (TPSA) is 66.8 Å². The normalized spacial score (nSPS) is 18.5. The van der Waals surface area contributed by atoms with Crippen molar-refractivity contribution in [3.05, 3.63) is 35.4 Å². The van der Waals surface area contributed by atoms with Gasteiger partial charge >= 0.3 is 5.97 Å². The number of carbonyl (C=O) groups is 1. The van der Waals surface area contributed by atoms with Crippen LogP contribution in [0.15, 0.2) is 24.3 Å². The minimum absolute atomic E-state index is 0.0579. The predicted octanol–water partition coefficient (Wildman–Crippen LogP) is 2.52. The number of hydrogen-bond acceptors (Lipinski definition) is 4. The third kappa shape index (κ3) is 1.29. The molecule has 3 rings (SSSR count). The molecular formula is C14H12O4. The van der Waals surface area contributed by atoms with Gasteiger partial charge in [0, 0.05) is 22.3 Å². The summed E-state index contributed by atoms with van der Waals surface area (Å²) in [6.45, 7) is 2.07. The van der Waals surface area contributed by atoms with E-state index in [-0.39, 0.29) is 29.6 Å². The Morgan fingerprint density at radius 1 is 1.17 bits per heavy atom. The van der Waals surface area contributed by atoms with Crippen LogP contribution in [0.2, 0.25) is 0 Å². The van der Waals surface area contributed by atoms with Gasteiger partial charge in [-0.1, -0.05) is 31.2 Å². The molecule has 0 aliphatic carbocycles. The summed E-state index contributed by atoms with van der Waals surface area (Å²) in [7, 11) is 0. The van der Waals surface area contributed by atoms with E-state index in [9.17, 15) is 15.0 Å². The van der Waals surface area contributed by atoms with Gasteiger partial charge in [-0.05, 0) is 0 Å². The number of hydrogen-bond donors (Lipinski definition) is 2. The second kappa shape index (κ2) is 3.63. The summed E-state index contributed by atoms with van der Waals surface area (Å²) in [4.78, 5) is 11.8. The number of phenolic OH excluding ortho intramolecular Hbond substituents is 2. The van der Waals surface area contributed by atoms with Crippen LogP contribution in [0.4, 0.5) is 0 Å². The van der Waals surface area contributed by atoms with Crippen molar-refractivity contribution < 1.29 is 19.7 Å². The van der Waals surface area contributed by atoms with E-state index in [0.717, 1.165) is 0 Å². The van der Waals surface area contributed by atoms with Crippen LogP contribution in [0, 0.1) is 0 Å². The summed E-state index contributed by atoms with van der Waals surface area (Å²) in [6, 6.07) is 6.90. The van der Waals surface area contributed by atoms with Crippen molar-refractivity contribution in [1.29, 1.82) is 0 Å². The molecule has 92 valence electrons. The van der Waals surface area contributed by atoms with Gasteiger partial charge in [-0.25, -0.2) is 4.79 Å². The molecule has 1 heterocycles. The van der Waals surface area contributed by atoms with E-state index in [2.05, 4.69) is 0 Å². The molecule has 1 aliphatic rings. The lowest BCUT2D eigenvalue weighted by atomic mass is 9.89. The van der Waals surface area contributed by atoms with Crippen molar-refractivity contribution in [3.63, 3.8) is 0 Å². The molecule has 1 atom stereocenters. The number of phenols is 2. The highest BCUT2D eigenvalue weighted by Crippen LogP contribution is 2.44. The van der Waals surface area contributed by atoms with Crippen molar-refractivity contribution in [1.82, 2.24) is 0 Å². The fraction of sp³-hybridized carbons (Fsp3) is 0.214. The first kappa shape index (κ1) is 10.9. The summed E-state index contributed by atoms with van der Waals surface area (Å²) in [6.07, 6.45) is 0. The summed E-state index contributed by atoms with van der Waals surface area (Å²) in [5.74, 6) is -0.771. The lowest BCUT2D eigenvalue weighted by Gasteiger charge is -2.24. The third-order valence-electron chi connectivity index (χ3n) is 3.36. The molecule has 0 spiro atoms. The van der Waals surface area contributed by atoms with E-state index < -0.39 is 5.97 Å². The number of esters is 1. The van der Waals surface area contributed by atoms with Crippen molar-refractivity contribution in [2.24, 2.45) is 0 Å². The van der Waals surface area contributed by atoms with Crippen LogP contribution in [0.5, 0.6) is 11.5 Å². The first-order valence-electron chi connectivity index (χ1n) is 5.75. The maximum Gasteiger partial charge on any atom is 0.342 e. The Labute approximate surface area is 103 Å². The highest BCUT2D eigenvalue weighted by atomic mass is 16.5. The summed E-state index contributed by atoms with van der Waals surface area (Å²) >= 11 is 0. The molecule has 0 radical (unpaired) electrons. The Morgan fingerprint density at radius 2 is 1.78 bits per heavy atom. The zero-order valence-corrected chi connectivity index (χ0v) is 9.80. The molecule has 18 heavy (non-hydrogen) atoms. The molecule has 0 saturated carbocycles. The van der Waals surface area contributed by atoms with Gasteiger partial charge in [0.15, 0.2) is 0 Å². The predicted molar refractivity (Wildman–Crippen MR) is 66.0 cm³/mol. The van der Waals surface area contributed by atoms with Gasteiger partial charge in [0.25, 0.3) is 0 Å². The third-order valence-corrected chi connectivity index (χ3v) is 3.36. The van der Waals surface area contributed by atoms with Crippen LogP contribution >= 0.6 is 0 Å². The molecule has 2 aromatic rings. The minimum atomic E-state index is -0.582. The monoisotopic (exact) mass is 244 g/mol. The van der Waals surface area contributed by atoms with Gasteiger partial charge < -0.3 is 14.9 Å². The van der Waals surface area contributed by atoms with Crippen LogP contribution < -0.4 is 0 Å². The van der Waals surface area contributed by atoms with Gasteiger partial charge in [-0.15, -0.1) is 0 Å². The molecule has 0 saturated heterocycles. The standard InChI is InChI=1S/C14H12O4/c1-7-6-18-14(17)11-10(7)12(15)8-4-2-3-5-9(8)13(11)16/h2-5,7,15-16H,6H2,1H3. The number of aromatic hydroxyl groups is 2. The molecule has 0 aromatic heterocycles. The lowest BCUT2D eigenvalue weighted by Crippen LogP contribution is -2.21. The van der Waals surface area contributed by atoms with E-state index in [1.54, 1.807) is 24.3 Å². The summed E-state index contributed by atoms with van der Waals surface area (Å²) in [5.41, 5.74) is 0.562. The van der Waals surface area contributed by atoms with Crippen molar-refractivity contribution in [2.45, 2.75) is 12.8 Å². The number of carbonyl (C=O) groups excluding carboxylic acids is 1. The maximum atomic E-state index is 11.8. The molecule has 4 nitrogen and oxygen atoms in total. The fourth-order valence-electron chi connectivity index (χ4n) is 2.46. The smallest absolute Gasteiger partial charge is 0.342 e. The first-order chi connectivity index (χ1) is 8.61. The Hall–Kier alpha value is -2.23. The number of ether oxygens (including phenoxy) is 1. The second-order valence-electron chi connectivity index (χ2n) is 4.53. The Bertz CT molecular complexity index is 660. The zero-order valence-electron chi connectivity index (χ0n) is 9.80. The number of fused-ring (bicyclic) bond motifs is 2. The quantitative estimate of drug-likeness (QED) is 0.552. The van der Waals surface area contributed by atoms with Gasteiger partial charge in [0.1, 0.15) is 17.1 Å². The molecule has 1 aliphatic heterocycles. The molecule has 2 N–H and O–H groups in total. The largest absolute Gasteiger partial charge is 0.507 e. The summed E-state index contributed by atoms with van der Waals surface area (Å²) in [5, 5.41) is 21.5. The molecular weight excluding hydrogens is 232 g/mol. The molecule has 0 fully saturated rings. The van der Waals surface area contributed by atoms with Gasteiger partial charge in [-0.3, -0.25) is 0 Å². The van der Waals surface area contributed by atoms with Crippen molar-refractivity contribution in [2.75, 3.05) is 6.61 Å². The van der Waals surface area contributed by atoms with Gasteiger partial charge in [0.05, 0.1) is 6.61 Å². The summed E-state index contributed by atoms with van der Waals surface area (Å²) < 4.78 is 4.99. The molecule has 0 bridgehead atoms. The number of rotatable bonds is 0. The van der Waals surface area contributed by atoms with Crippen molar-refractivity contribution in [3.8, 4) is 11.5 Å². The van der Waals surface area contributed by atoms with Crippen molar-refractivity contribution >= 4 is 16.7 Å². The fourth-order valence-corrected chi connectivity index (χ4v) is 2.46. The van der Waals surface area contributed by atoms with E-state index in [4.69, 9.17) is 4.74 Å². The maximum absolute atomic E-state index is 11.8. The van der Waals surface area contributed by atoms with Crippen LogP contribution in [-0.2, 0) is 4.74 Å². The molecule has 0 amide bonds. The second-order valence-corrected chi connectivity index (χ2v) is 4.53. The van der Waals surface area contributed by atoms with Gasteiger partial charge in [0.2, 0.25) is 0 Å². The van der Waals surface area contributed by atoms with Gasteiger partial charge in [-0.2, -0.15) is 0 Å². The highest BCUT2D eigenvalue weighted by Gasteiger charge is 2.32. The average molecular weight is 244 g/mol. The molecule has 4 heteroatoms. The number of cyclic esters (lactones) is 1. The minimum Gasteiger partial charge on any atom is -0.507 e. The van der Waals surface area contributed by atoms with Crippen LogP contribution in [0.3, 0.4) is 0 Å². The zero-order chi connectivity index (χ0) is 12.9. The van der Waals surface area contributed by atoms with Crippen LogP contribution in [0.1, 0.15) is 28.8 Å². The lowest BCUT2D eigenvalue weighted by molar-refractivity contribution is 0.0442. The van der Waals surface area contributed by atoms with Crippen LogP contribution in [-0.4, -0.2) is 22.8 Å². The van der Waals surface area contributed by atoms with E-state index in [0.29, 0.717) is 16.3 Å². The van der Waals surface area contributed by atoms with Crippen LogP contribution in [0.25, 0.3) is 10.8 Å². The van der Waals surface area contributed by atoms with E-state index in [1.165, 1.54) is 0 Å². The SMILES string of the molecule is CC1COC(=O)c2c1c(O)c1ccccc1c2O. The highest BCUT2D eigenvalue weighted by molar-refractivity contribution is 6.06. The number of benzene rings is 2. The molecule has 1 unspecified atom stereocenters. The first-order valence-corrected chi connectivity index (χ1v) is 5.75. The van der Waals surface area contributed by atoms with E-state index in [1.807, 2.05) is 6.92 Å². The Balaban J connectivity index is 2.50.